The maximum absolute atomic E-state index is 5.73. The number of hydrogen-bond acceptors (Lipinski definition) is 2. The second-order valence-corrected chi connectivity index (χ2v) is 4.44. The zero-order valence-electron chi connectivity index (χ0n) is 7.79. The standard InChI is InChI=1S/C10H15NS/c1-7(9(3)11)6-10-5-4-8(2)12-10/h4-6,9H,11H2,1-3H3/b7-6+. The highest BCUT2D eigenvalue weighted by Crippen LogP contribution is 2.18. The molecule has 0 saturated heterocycles. The molecule has 1 unspecified atom stereocenters. The quantitative estimate of drug-likeness (QED) is 0.746. The minimum Gasteiger partial charge on any atom is -0.324 e. The van der Waals surface area contributed by atoms with Crippen molar-refractivity contribution in [3.8, 4) is 0 Å². The SMILES string of the molecule is C/C(=C\c1ccc(C)s1)C(C)N. The number of nitrogens with two attached hydrogens (primary N) is 1. The summed E-state index contributed by atoms with van der Waals surface area (Å²) in [4.78, 5) is 2.64. The molecule has 0 amide bonds. The molecule has 0 aromatic carbocycles. The average molecular weight is 181 g/mol. The van der Waals surface area contributed by atoms with Gasteiger partial charge in [0, 0.05) is 15.8 Å². The number of aryl methyl sites for hydroxylation is 1. The monoisotopic (exact) mass is 181 g/mol. The maximum atomic E-state index is 5.73. The highest BCUT2D eigenvalue weighted by molar-refractivity contribution is 7.12. The molecule has 12 heavy (non-hydrogen) atoms. The van der Waals surface area contributed by atoms with Crippen LogP contribution in [0.4, 0.5) is 0 Å². The lowest BCUT2D eigenvalue weighted by Crippen LogP contribution is -2.15. The summed E-state index contributed by atoms with van der Waals surface area (Å²) in [5.41, 5.74) is 6.96. The largest absolute Gasteiger partial charge is 0.324 e. The summed E-state index contributed by atoms with van der Waals surface area (Å²) in [6.45, 7) is 6.19. The predicted molar refractivity (Wildman–Crippen MR) is 56.4 cm³/mol. The minimum atomic E-state index is 0.160. The van der Waals surface area contributed by atoms with Crippen LogP contribution in [-0.2, 0) is 0 Å². The Morgan fingerprint density at radius 1 is 1.58 bits per heavy atom. The van der Waals surface area contributed by atoms with Gasteiger partial charge in [-0.3, -0.25) is 0 Å². The molecule has 0 aliphatic carbocycles. The Kier molecular flexibility index (Phi) is 3.06. The van der Waals surface area contributed by atoms with Crippen molar-refractivity contribution in [2.24, 2.45) is 5.73 Å². The lowest BCUT2D eigenvalue weighted by atomic mass is 10.1. The van der Waals surface area contributed by atoms with Gasteiger partial charge in [0.05, 0.1) is 0 Å². The van der Waals surface area contributed by atoms with E-state index in [2.05, 4.69) is 32.1 Å². The molecule has 1 nitrogen and oxygen atoms in total. The van der Waals surface area contributed by atoms with Gasteiger partial charge >= 0.3 is 0 Å². The molecule has 0 aliphatic heterocycles. The maximum Gasteiger partial charge on any atom is 0.0273 e. The van der Waals surface area contributed by atoms with Gasteiger partial charge in [-0.1, -0.05) is 5.57 Å². The van der Waals surface area contributed by atoms with Gasteiger partial charge in [0.2, 0.25) is 0 Å². The lowest BCUT2D eigenvalue weighted by molar-refractivity contribution is 0.868. The zero-order chi connectivity index (χ0) is 9.14. The Bertz CT molecular complexity index is 284. The Hall–Kier alpha value is -0.600. The van der Waals surface area contributed by atoms with Crippen molar-refractivity contribution in [3.63, 3.8) is 0 Å². The van der Waals surface area contributed by atoms with Crippen molar-refractivity contribution in [1.29, 1.82) is 0 Å². The molecule has 0 spiro atoms. The summed E-state index contributed by atoms with van der Waals surface area (Å²) < 4.78 is 0. The van der Waals surface area contributed by atoms with E-state index in [0.717, 1.165) is 0 Å². The summed E-state index contributed by atoms with van der Waals surface area (Å²) in [6, 6.07) is 4.42. The van der Waals surface area contributed by atoms with Crippen LogP contribution in [0.2, 0.25) is 0 Å². The van der Waals surface area contributed by atoms with Crippen molar-refractivity contribution in [3.05, 3.63) is 27.5 Å². The third-order valence-corrected chi connectivity index (χ3v) is 2.80. The van der Waals surface area contributed by atoms with E-state index in [1.54, 1.807) is 11.3 Å². The molecular weight excluding hydrogens is 166 g/mol. The molecule has 0 saturated carbocycles. The first-order chi connectivity index (χ1) is 5.59. The van der Waals surface area contributed by atoms with E-state index in [9.17, 15) is 0 Å². The summed E-state index contributed by atoms with van der Waals surface area (Å²) in [5, 5.41) is 0. The van der Waals surface area contributed by atoms with Gasteiger partial charge in [0.1, 0.15) is 0 Å². The van der Waals surface area contributed by atoms with Crippen LogP contribution in [0.3, 0.4) is 0 Å². The molecule has 1 atom stereocenters. The summed E-state index contributed by atoms with van der Waals surface area (Å²) in [6.07, 6.45) is 2.16. The first kappa shape index (κ1) is 9.49. The van der Waals surface area contributed by atoms with Crippen molar-refractivity contribution in [1.82, 2.24) is 0 Å². The molecule has 1 aromatic rings. The van der Waals surface area contributed by atoms with Gasteiger partial charge < -0.3 is 5.73 Å². The fraction of sp³-hybridized carbons (Fsp3) is 0.400. The molecule has 2 heteroatoms. The van der Waals surface area contributed by atoms with Gasteiger partial charge in [-0.25, -0.2) is 0 Å². The number of thiophene rings is 1. The third kappa shape index (κ3) is 2.47. The Morgan fingerprint density at radius 2 is 2.25 bits per heavy atom. The van der Waals surface area contributed by atoms with Crippen molar-refractivity contribution < 1.29 is 0 Å². The van der Waals surface area contributed by atoms with E-state index in [-0.39, 0.29) is 6.04 Å². The van der Waals surface area contributed by atoms with E-state index >= 15 is 0 Å². The van der Waals surface area contributed by atoms with Gasteiger partial charge in [0.15, 0.2) is 0 Å². The normalized spacial score (nSPS) is 14.8. The Morgan fingerprint density at radius 3 is 2.67 bits per heavy atom. The molecule has 0 radical (unpaired) electrons. The number of hydrogen-bond donors (Lipinski definition) is 1. The second-order valence-electron chi connectivity index (χ2n) is 3.13. The smallest absolute Gasteiger partial charge is 0.0273 e. The Labute approximate surface area is 77.9 Å². The van der Waals surface area contributed by atoms with Crippen LogP contribution in [0.15, 0.2) is 17.7 Å². The lowest BCUT2D eigenvalue weighted by Gasteiger charge is -2.03. The van der Waals surface area contributed by atoms with Gasteiger partial charge in [-0.05, 0) is 39.0 Å². The predicted octanol–water partition coefficient (Wildman–Crippen LogP) is 2.81. The van der Waals surface area contributed by atoms with Crippen molar-refractivity contribution in [2.45, 2.75) is 26.8 Å². The summed E-state index contributed by atoms with van der Waals surface area (Å²) in [7, 11) is 0. The van der Waals surface area contributed by atoms with Crippen molar-refractivity contribution in [2.75, 3.05) is 0 Å². The minimum absolute atomic E-state index is 0.160. The molecule has 0 aliphatic rings. The topological polar surface area (TPSA) is 26.0 Å². The third-order valence-electron chi connectivity index (χ3n) is 1.85. The fourth-order valence-electron chi connectivity index (χ4n) is 0.887. The second kappa shape index (κ2) is 3.87. The fourth-order valence-corrected chi connectivity index (χ4v) is 1.78. The van der Waals surface area contributed by atoms with Gasteiger partial charge in [0.25, 0.3) is 0 Å². The number of rotatable bonds is 2. The van der Waals surface area contributed by atoms with Crippen LogP contribution in [0.5, 0.6) is 0 Å². The molecule has 2 N–H and O–H groups in total. The molecule has 0 bridgehead atoms. The van der Waals surface area contributed by atoms with E-state index < -0.39 is 0 Å². The summed E-state index contributed by atoms with van der Waals surface area (Å²) in [5.74, 6) is 0. The van der Waals surface area contributed by atoms with Gasteiger partial charge in [-0.15, -0.1) is 11.3 Å². The molecular formula is C10H15NS. The van der Waals surface area contributed by atoms with Crippen LogP contribution in [0.25, 0.3) is 6.08 Å². The first-order valence-corrected chi connectivity index (χ1v) is 4.91. The van der Waals surface area contributed by atoms with E-state index in [0.29, 0.717) is 0 Å². The highest BCUT2D eigenvalue weighted by Gasteiger charge is 1.97. The first-order valence-electron chi connectivity index (χ1n) is 4.10. The van der Waals surface area contributed by atoms with Crippen LogP contribution in [0.1, 0.15) is 23.6 Å². The molecule has 1 rings (SSSR count). The molecule has 0 fully saturated rings. The molecule has 66 valence electrons. The van der Waals surface area contributed by atoms with Gasteiger partial charge in [-0.2, -0.15) is 0 Å². The van der Waals surface area contributed by atoms with E-state index in [1.807, 2.05) is 6.92 Å². The van der Waals surface area contributed by atoms with E-state index in [1.165, 1.54) is 15.3 Å². The molecule has 1 heterocycles. The molecule has 1 aromatic heterocycles. The van der Waals surface area contributed by atoms with Crippen molar-refractivity contribution >= 4 is 17.4 Å². The van der Waals surface area contributed by atoms with Crippen LogP contribution < -0.4 is 5.73 Å². The van der Waals surface area contributed by atoms with E-state index in [4.69, 9.17) is 5.73 Å². The van der Waals surface area contributed by atoms with Crippen LogP contribution >= 0.6 is 11.3 Å². The zero-order valence-corrected chi connectivity index (χ0v) is 8.61. The van der Waals surface area contributed by atoms with Crippen LogP contribution in [0, 0.1) is 6.92 Å². The highest BCUT2D eigenvalue weighted by atomic mass is 32.1. The summed E-state index contributed by atoms with van der Waals surface area (Å²) >= 11 is 1.80. The Balaban J connectivity index is 2.80. The average Bonchev–Trinajstić information content (AvgIpc) is 2.35. The van der Waals surface area contributed by atoms with Crippen LogP contribution in [-0.4, -0.2) is 6.04 Å².